The molecule has 1 fully saturated rings. The molecule has 0 bridgehead atoms. The number of carboxylic acid groups (broad SMARTS) is 1. The second-order valence-electron chi connectivity index (χ2n) is 6.33. The van der Waals surface area contributed by atoms with E-state index in [0.717, 1.165) is 0 Å². The van der Waals surface area contributed by atoms with Gasteiger partial charge in [0, 0.05) is 0 Å². The molecule has 2 unspecified atom stereocenters. The van der Waals surface area contributed by atoms with Crippen LogP contribution in [0.3, 0.4) is 0 Å². The van der Waals surface area contributed by atoms with Crippen molar-refractivity contribution in [1.82, 2.24) is 0 Å². The summed E-state index contributed by atoms with van der Waals surface area (Å²) >= 11 is 0. The number of aromatic hydroxyl groups is 1. The fraction of sp³-hybridized carbons (Fsp3) is 0.273. The molecule has 2 aromatic carbocycles. The van der Waals surface area contributed by atoms with Crippen LogP contribution >= 0.6 is 0 Å². The predicted octanol–water partition coefficient (Wildman–Crippen LogP) is 0.213. The first-order chi connectivity index (χ1) is 14.2. The Morgan fingerprint density at radius 2 is 1.56 bits per heavy atom. The number of hydrogen-bond acceptors (Lipinski definition) is 8. The van der Waals surface area contributed by atoms with Crippen molar-refractivity contribution in [3.63, 3.8) is 0 Å². The molecular weight excluding hydrogens is 427 g/mol. The van der Waals surface area contributed by atoms with E-state index >= 15 is 0 Å². The van der Waals surface area contributed by atoms with E-state index in [4.69, 9.17) is 25.5 Å². The fourth-order valence-electron chi connectivity index (χ4n) is 2.11. The zero-order valence-corrected chi connectivity index (χ0v) is 20.1. The van der Waals surface area contributed by atoms with Crippen molar-refractivity contribution >= 4 is 11.9 Å². The van der Waals surface area contributed by atoms with Gasteiger partial charge in [-0.05, 0) is 62.4 Å². The molecule has 0 radical (unpaired) electrons. The molecule has 0 saturated carbocycles. The maximum absolute atomic E-state index is 10.4. The Morgan fingerprint density at radius 3 is 1.88 bits per heavy atom. The van der Waals surface area contributed by atoms with Crippen molar-refractivity contribution in [1.29, 1.82) is 10.5 Å². The number of cyclic esters (lactones) is 1. The minimum Gasteiger partial charge on any atom is -0.870 e. The molecule has 0 spiro atoms. The van der Waals surface area contributed by atoms with Gasteiger partial charge in [-0.25, -0.2) is 0 Å². The number of phenolic OH excluding ortho intramolecular Hbond substituents is 1. The van der Waals surface area contributed by atoms with E-state index in [9.17, 15) is 9.59 Å². The van der Waals surface area contributed by atoms with Gasteiger partial charge >= 0.3 is 41.5 Å². The molecule has 1 saturated heterocycles. The van der Waals surface area contributed by atoms with Crippen molar-refractivity contribution in [3.8, 4) is 23.6 Å². The van der Waals surface area contributed by atoms with Crippen LogP contribution in [0.2, 0.25) is 0 Å². The molecule has 10 heteroatoms. The monoisotopic (exact) mass is 450 g/mol. The van der Waals surface area contributed by atoms with Gasteiger partial charge in [-0.1, -0.05) is 0 Å². The number of nitriles is 2. The zero-order chi connectivity index (χ0) is 22.5. The Morgan fingerprint density at radius 1 is 1.12 bits per heavy atom. The van der Waals surface area contributed by atoms with Gasteiger partial charge in [-0.3, -0.25) is 9.59 Å². The largest absolute Gasteiger partial charge is 1.00 e. The number of ether oxygens (including phenoxy) is 2. The number of carboxylic acids is 1. The Kier molecular flexibility index (Phi) is 16.1. The summed E-state index contributed by atoms with van der Waals surface area (Å²) in [7, 11) is 0. The molecule has 2 atom stereocenters. The van der Waals surface area contributed by atoms with Gasteiger partial charge in [0.2, 0.25) is 0 Å². The first kappa shape index (κ1) is 31.1. The molecule has 164 valence electrons. The van der Waals surface area contributed by atoms with Gasteiger partial charge < -0.3 is 25.2 Å². The van der Waals surface area contributed by atoms with E-state index in [1.54, 1.807) is 43.3 Å². The summed E-state index contributed by atoms with van der Waals surface area (Å²) in [6.45, 7) is 3.56. The average Bonchev–Trinajstić information content (AvgIpc) is 2.69. The van der Waals surface area contributed by atoms with Gasteiger partial charge in [0.1, 0.15) is 23.7 Å². The summed E-state index contributed by atoms with van der Waals surface area (Å²) in [5.74, 6) is -0.199. The standard InChI is InChI=1S/C11H11NO3.C7H5NO.C4H6O2.Na.H2O/c1-8(6-11(13)14)15-10-4-2-9(7-12)3-5-10;8-5-6-1-3-7(9)4-2-6;1-3-2-4(5)6-3;;/h2-5,8H,6H2,1H3,(H,13,14);1-4,9H;3H,2H2,1H3;;1H2/q;;;+1;/p-1. The molecule has 3 N–H and O–H groups in total. The summed E-state index contributed by atoms with van der Waals surface area (Å²) in [6, 6.07) is 16.6. The van der Waals surface area contributed by atoms with Crippen LogP contribution in [-0.2, 0) is 14.3 Å². The number of hydrogen-bond donors (Lipinski definition) is 2. The fourth-order valence-corrected chi connectivity index (χ4v) is 2.11. The Hall–Kier alpha value is -3.08. The maximum Gasteiger partial charge on any atom is 1.00 e. The third kappa shape index (κ3) is 13.3. The van der Waals surface area contributed by atoms with Crippen LogP contribution < -0.4 is 34.3 Å². The summed E-state index contributed by atoms with van der Waals surface area (Å²) in [6.07, 6.45) is 0.382. The number of benzene rings is 2. The molecule has 32 heavy (non-hydrogen) atoms. The van der Waals surface area contributed by atoms with E-state index < -0.39 is 5.97 Å². The van der Waals surface area contributed by atoms with Gasteiger partial charge in [0.15, 0.2) is 0 Å². The normalized spacial score (nSPS) is 13.6. The molecule has 9 nitrogen and oxygen atoms in total. The number of carbonyl (C=O) groups excluding carboxylic acids is 1. The molecular formula is C22H23N2NaO7. The second-order valence-corrected chi connectivity index (χ2v) is 6.33. The molecule has 2 aromatic rings. The van der Waals surface area contributed by atoms with Crippen molar-refractivity contribution in [3.05, 3.63) is 59.7 Å². The minimum atomic E-state index is -0.892. The molecule has 1 heterocycles. The minimum absolute atomic E-state index is 0. The summed E-state index contributed by atoms with van der Waals surface area (Å²) < 4.78 is 9.83. The number of phenols is 1. The smallest absolute Gasteiger partial charge is 0.870 e. The van der Waals surface area contributed by atoms with E-state index in [-0.39, 0.29) is 65.4 Å². The van der Waals surface area contributed by atoms with Crippen LogP contribution in [-0.4, -0.2) is 39.8 Å². The van der Waals surface area contributed by atoms with E-state index in [1.165, 1.54) is 12.1 Å². The van der Waals surface area contributed by atoms with E-state index in [1.807, 2.05) is 19.1 Å². The first-order valence-corrected chi connectivity index (χ1v) is 9.00. The molecule has 1 aliphatic rings. The SMILES string of the molecule is CC(CC(=O)O)Oc1ccc(C#N)cc1.CC1CC(=O)O1.N#Cc1ccc(O)cc1.[Na+].[OH-]. The summed E-state index contributed by atoms with van der Waals surface area (Å²) in [5.41, 5.74) is 1.11. The molecule has 0 aliphatic carbocycles. The number of rotatable bonds is 4. The van der Waals surface area contributed by atoms with Crippen LogP contribution in [0.1, 0.15) is 37.8 Å². The Balaban J connectivity index is 0. The third-order valence-electron chi connectivity index (χ3n) is 3.57. The van der Waals surface area contributed by atoms with Crippen LogP contribution in [0.25, 0.3) is 0 Å². The molecule has 1 aliphatic heterocycles. The van der Waals surface area contributed by atoms with Gasteiger partial charge in [-0.15, -0.1) is 0 Å². The Labute approximate surface area is 208 Å². The average molecular weight is 450 g/mol. The number of aliphatic carboxylic acids is 1. The third-order valence-corrected chi connectivity index (χ3v) is 3.57. The van der Waals surface area contributed by atoms with Gasteiger partial charge in [0.05, 0.1) is 36.1 Å². The van der Waals surface area contributed by atoms with Gasteiger partial charge in [-0.2, -0.15) is 10.5 Å². The van der Waals surface area contributed by atoms with Crippen LogP contribution in [0.5, 0.6) is 11.5 Å². The van der Waals surface area contributed by atoms with Crippen LogP contribution in [0, 0.1) is 22.7 Å². The second kappa shape index (κ2) is 16.6. The van der Waals surface area contributed by atoms with Crippen molar-refractivity contribution in [2.45, 2.75) is 38.9 Å². The maximum atomic E-state index is 10.4. The predicted molar refractivity (Wildman–Crippen MR) is 108 cm³/mol. The van der Waals surface area contributed by atoms with E-state index in [0.29, 0.717) is 23.3 Å². The molecule has 0 amide bonds. The summed E-state index contributed by atoms with van der Waals surface area (Å²) in [4.78, 5) is 20.3. The molecule has 3 rings (SSSR count). The van der Waals surface area contributed by atoms with Crippen molar-refractivity contribution in [2.24, 2.45) is 0 Å². The quantitative estimate of drug-likeness (QED) is 0.488. The topological polar surface area (TPSA) is 171 Å². The molecule has 0 aromatic heterocycles. The first-order valence-electron chi connectivity index (χ1n) is 9.00. The van der Waals surface area contributed by atoms with Crippen molar-refractivity contribution < 1.29 is 64.3 Å². The number of esters is 1. The number of carbonyl (C=O) groups is 2. The van der Waals surface area contributed by atoms with E-state index in [2.05, 4.69) is 4.74 Å². The van der Waals surface area contributed by atoms with Crippen LogP contribution in [0.4, 0.5) is 0 Å². The van der Waals surface area contributed by atoms with Crippen LogP contribution in [0.15, 0.2) is 48.5 Å². The zero-order valence-electron chi connectivity index (χ0n) is 18.1. The number of nitrogens with zero attached hydrogens (tertiary/aromatic N) is 2. The van der Waals surface area contributed by atoms with Crippen molar-refractivity contribution in [2.75, 3.05) is 0 Å². The Bertz CT molecular complexity index is 911. The summed E-state index contributed by atoms with van der Waals surface area (Å²) in [5, 5.41) is 34.1. The van der Waals surface area contributed by atoms with Gasteiger partial charge in [0.25, 0.3) is 0 Å².